The van der Waals surface area contributed by atoms with Gasteiger partial charge >= 0.3 is 0 Å². The Morgan fingerprint density at radius 2 is 2.27 bits per heavy atom. The largest absolute Gasteiger partial charge is 0.375 e. The maximum absolute atomic E-state index is 12.0. The van der Waals surface area contributed by atoms with Crippen molar-refractivity contribution in [3.05, 3.63) is 0 Å². The number of nitrogens with two attached hydrogens (primary N) is 1. The average Bonchev–Trinajstić information content (AvgIpc) is 2.27. The Morgan fingerprint density at radius 1 is 1.60 bits per heavy atom. The van der Waals surface area contributed by atoms with Crippen LogP contribution >= 0.6 is 0 Å². The van der Waals surface area contributed by atoms with Crippen LogP contribution in [0.2, 0.25) is 0 Å². The Balaban J connectivity index is 2.66. The van der Waals surface area contributed by atoms with E-state index < -0.39 is 0 Å². The molecule has 4 nitrogen and oxygen atoms in total. The molecular weight excluding hydrogens is 192 g/mol. The van der Waals surface area contributed by atoms with Crippen LogP contribution in [-0.2, 0) is 9.53 Å². The topological polar surface area (TPSA) is 55.6 Å². The maximum atomic E-state index is 12.0. The number of carbonyl (C=O) groups excluding carboxylic acids is 1. The van der Waals surface area contributed by atoms with Crippen molar-refractivity contribution in [3.63, 3.8) is 0 Å². The van der Waals surface area contributed by atoms with Gasteiger partial charge in [-0.05, 0) is 19.8 Å². The molecule has 1 aliphatic heterocycles. The minimum atomic E-state index is -0.357. The lowest BCUT2D eigenvalue weighted by Crippen LogP contribution is -2.55. The van der Waals surface area contributed by atoms with E-state index in [1.54, 1.807) is 0 Å². The van der Waals surface area contributed by atoms with E-state index in [9.17, 15) is 4.79 Å². The van der Waals surface area contributed by atoms with Gasteiger partial charge in [-0.2, -0.15) is 0 Å². The van der Waals surface area contributed by atoms with E-state index in [-0.39, 0.29) is 24.1 Å². The number of rotatable bonds is 3. The molecule has 1 fully saturated rings. The average molecular weight is 214 g/mol. The van der Waals surface area contributed by atoms with Crippen LogP contribution in [-0.4, -0.2) is 42.1 Å². The van der Waals surface area contributed by atoms with Crippen LogP contribution in [0.15, 0.2) is 0 Å². The zero-order chi connectivity index (χ0) is 11.4. The zero-order valence-corrected chi connectivity index (χ0v) is 9.90. The molecule has 3 atom stereocenters. The molecule has 1 rings (SSSR count). The van der Waals surface area contributed by atoms with Crippen molar-refractivity contribution in [3.8, 4) is 0 Å². The number of hydrogen-bond acceptors (Lipinski definition) is 3. The van der Waals surface area contributed by atoms with Gasteiger partial charge in [0.05, 0.1) is 24.8 Å². The van der Waals surface area contributed by atoms with E-state index in [2.05, 4.69) is 6.92 Å². The summed E-state index contributed by atoms with van der Waals surface area (Å²) in [6.45, 7) is 7.31. The Bertz CT molecular complexity index is 221. The van der Waals surface area contributed by atoms with Gasteiger partial charge in [-0.15, -0.1) is 0 Å². The van der Waals surface area contributed by atoms with Crippen molar-refractivity contribution >= 4 is 5.91 Å². The lowest BCUT2D eigenvalue weighted by Gasteiger charge is -2.39. The van der Waals surface area contributed by atoms with Crippen LogP contribution in [0, 0.1) is 0 Å². The molecule has 0 saturated carbocycles. The Morgan fingerprint density at radius 3 is 2.80 bits per heavy atom. The Kier molecular flexibility index (Phi) is 4.54. The zero-order valence-electron chi connectivity index (χ0n) is 9.90. The standard InChI is InChI=1S/C11H22N2O2/c1-4-9-7-15-8(3)6-13(9)11(14)10(12)5-2/h8-10H,4-7,12H2,1-3H3/t8?,9?,10-/m1/s1. The van der Waals surface area contributed by atoms with E-state index in [0.717, 1.165) is 6.42 Å². The first-order valence-electron chi connectivity index (χ1n) is 5.77. The third-order valence-corrected chi connectivity index (χ3v) is 2.98. The molecule has 0 radical (unpaired) electrons. The molecule has 0 aromatic rings. The Labute approximate surface area is 91.8 Å². The molecule has 2 N–H and O–H groups in total. The molecule has 0 aromatic carbocycles. The van der Waals surface area contributed by atoms with Crippen molar-refractivity contribution in [2.75, 3.05) is 13.2 Å². The predicted molar refractivity (Wildman–Crippen MR) is 59.5 cm³/mol. The van der Waals surface area contributed by atoms with Gasteiger partial charge in [0.1, 0.15) is 0 Å². The highest BCUT2D eigenvalue weighted by molar-refractivity contribution is 5.82. The number of nitrogens with zero attached hydrogens (tertiary/aromatic N) is 1. The van der Waals surface area contributed by atoms with E-state index >= 15 is 0 Å². The molecule has 4 heteroatoms. The van der Waals surface area contributed by atoms with Gasteiger partial charge in [0.2, 0.25) is 5.91 Å². The molecule has 1 amide bonds. The van der Waals surface area contributed by atoms with Gasteiger partial charge in [-0.1, -0.05) is 13.8 Å². The van der Waals surface area contributed by atoms with Crippen molar-refractivity contribution in [1.29, 1.82) is 0 Å². The lowest BCUT2D eigenvalue weighted by molar-refractivity contribution is -0.145. The fraction of sp³-hybridized carbons (Fsp3) is 0.909. The first-order chi connectivity index (χ1) is 7.10. The van der Waals surface area contributed by atoms with Crippen LogP contribution in [0.4, 0.5) is 0 Å². The number of ether oxygens (including phenoxy) is 1. The third kappa shape index (κ3) is 2.92. The molecule has 0 aromatic heterocycles. The van der Waals surface area contributed by atoms with Crippen LogP contribution in [0.25, 0.3) is 0 Å². The quantitative estimate of drug-likeness (QED) is 0.754. The highest BCUT2D eigenvalue weighted by Crippen LogP contribution is 2.15. The second-order valence-electron chi connectivity index (χ2n) is 4.21. The number of morpholine rings is 1. The van der Waals surface area contributed by atoms with Crippen molar-refractivity contribution < 1.29 is 9.53 Å². The number of hydrogen-bond donors (Lipinski definition) is 1. The minimum Gasteiger partial charge on any atom is -0.375 e. The monoisotopic (exact) mass is 214 g/mol. The maximum Gasteiger partial charge on any atom is 0.239 e. The SMILES string of the molecule is CCC1COC(C)CN1C(=O)[C@H](N)CC. The number of amides is 1. The van der Waals surface area contributed by atoms with Crippen LogP contribution < -0.4 is 5.73 Å². The first-order valence-corrected chi connectivity index (χ1v) is 5.77. The summed E-state index contributed by atoms with van der Waals surface area (Å²) in [6.07, 6.45) is 1.75. The summed E-state index contributed by atoms with van der Waals surface area (Å²) in [6, 6.07) is -0.157. The molecule has 0 bridgehead atoms. The second kappa shape index (κ2) is 5.47. The molecule has 0 spiro atoms. The Hall–Kier alpha value is -0.610. The highest BCUT2D eigenvalue weighted by atomic mass is 16.5. The summed E-state index contributed by atoms with van der Waals surface area (Å²) in [5, 5.41) is 0. The van der Waals surface area contributed by atoms with Crippen molar-refractivity contribution in [2.24, 2.45) is 5.73 Å². The summed E-state index contributed by atoms with van der Waals surface area (Å²) in [4.78, 5) is 13.9. The normalized spacial score (nSPS) is 28.9. The summed E-state index contributed by atoms with van der Waals surface area (Å²) in [7, 11) is 0. The summed E-state index contributed by atoms with van der Waals surface area (Å²) in [5.41, 5.74) is 5.78. The van der Waals surface area contributed by atoms with Gasteiger partial charge in [0, 0.05) is 6.54 Å². The fourth-order valence-corrected chi connectivity index (χ4v) is 1.84. The second-order valence-corrected chi connectivity index (χ2v) is 4.21. The predicted octanol–water partition coefficient (Wildman–Crippen LogP) is 0.750. The van der Waals surface area contributed by atoms with Crippen LogP contribution in [0.3, 0.4) is 0 Å². The van der Waals surface area contributed by atoms with Crippen molar-refractivity contribution in [2.45, 2.75) is 51.8 Å². The molecule has 1 heterocycles. The van der Waals surface area contributed by atoms with Crippen LogP contribution in [0.1, 0.15) is 33.6 Å². The first kappa shape index (κ1) is 12.5. The molecule has 1 saturated heterocycles. The molecule has 15 heavy (non-hydrogen) atoms. The van der Waals surface area contributed by atoms with E-state index in [1.165, 1.54) is 0 Å². The van der Waals surface area contributed by atoms with Gasteiger partial charge in [-0.25, -0.2) is 0 Å². The van der Waals surface area contributed by atoms with Gasteiger partial charge in [-0.3, -0.25) is 4.79 Å². The minimum absolute atomic E-state index is 0.0690. The molecule has 88 valence electrons. The summed E-state index contributed by atoms with van der Waals surface area (Å²) in [5.74, 6) is 0.0690. The molecule has 0 aliphatic carbocycles. The van der Waals surface area contributed by atoms with Crippen LogP contribution in [0.5, 0.6) is 0 Å². The summed E-state index contributed by atoms with van der Waals surface area (Å²) < 4.78 is 5.54. The van der Waals surface area contributed by atoms with E-state index in [1.807, 2.05) is 18.7 Å². The summed E-state index contributed by atoms with van der Waals surface area (Å²) >= 11 is 0. The van der Waals surface area contributed by atoms with Crippen molar-refractivity contribution in [1.82, 2.24) is 4.90 Å². The van der Waals surface area contributed by atoms with Gasteiger partial charge < -0.3 is 15.4 Å². The van der Waals surface area contributed by atoms with E-state index in [4.69, 9.17) is 10.5 Å². The van der Waals surface area contributed by atoms with Gasteiger partial charge in [0.15, 0.2) is 0 Å². The van der Waals surface area contributed by atoms with Gasteiger partial charge in [0.25, 0.3) is 0 Å². The molecule has 1 aliphatic rings. The third-order valence-electron chi connectivity index (χ3n) is 2.98. The molecule has 2 unspecified atom stereocenters. The number of carbonyl (C=O) groups is 1. The fourth-order valence-electron chi connectivity index (χ4n) is 1.84. The highest BCUT2D eigenvalue weighted by Gasteiger charge is 2.31. The molecular formula is C11H22N2O2. The lowest BCUT2D eigenvalue weighted by atomic mass is 10.1. The smallest absolute Gasteiger partial charge is 0.239 e. The van der Waals surface area contributed by atoms with E-state index in [0.29, 0.717) is 19.6 Å².